The Morgan fingerprint density at radius 1 is 1.40 bits per heavy atom. The van der Waals surface area contributed by atoms with Crippen LogP contribution in [0.5, 0.6) is 0 Å². The number of H-pyrrole nitrogens is 1. The molecule has 20 heavy (non-hydrogen) atoms. The van der Waals surface area contributed by atoms with E-state index in [1.807, 2.05) is 6.92 Å². The summed E-state index contributed by atoms with van der Waals surface area (Å²) >= 11 is 0. The van der Waals surface area contributed by atoms with E-state index in [1.165, 1.54) is 0 Å². The number of aromatic amines is 1. The van der Waals surface area contributed by atoms with Gasteiger partial charge >= 0.3 is 12.1 Å². The largest absolute Gasteiger partial charge is 0.464 e. The minimum atomic E-state index is -1.38. The molecule has 1 aromatic heterocycles. The topological polar surface area (TPSA) is 98.3 Å². The molecule has 106 valence electrons. The van der Waals surface area contributed by atoms with Gasteiger partial charge in [-0.25, -0.2) is 14.6 Å². The molecule has 0 aliphatic rings. The van der Waals surface area contributed by atoms with Crippen molar-refractivity contribution in [2.24, 2.45) is 0 Å². The van der Waals surface area contributed by atoms with Crippen LogP contribution in [0, 0.1) is 0 Å². The molecule has 7 heteroatoms. The highest BCUT2D eigenvalue weighted by atomic mass is 16.4. The zero-order chi connectivity index (χ0) is 14.5. The van der Waals surface area contributed by atoms with Gasteiger partial charge in [0.2, 0.25) is 5.95 Å². The summed E-state index contributed by atoms with van der Waals surface area (Å²) in [5.41, 5.74) is 1.28. The molecule has 3 N–H and O–H groups in total. The SMILES string of the molecule is CCCCNC(=O)N(C(=O)O)c1nc2ccccc2[nH]1. The van der Waals surface area contributed by atoms with E-state index in [9.17, 15) is 14.7 Å². The third-order valence-electron chi connectivity index (χ3n) is 2.79. The first kappa shape index (κ1) is 13.9. The Labute approximate surface area is 115 Å². The number of imidazole rings is 1. The average molecular weight is 276 g/mol. The second kappa shape index (κ2) is 6.05. The quantitative estimate of drug-likeness (QED) is 0.747. The van der Waals surface area contributed by atoms with Crippen molar-refractivity contribution >= 4 is 29.1 Å². The molecule has 2 aromatic rings. The number of aromatic nitrogens is 2. The molecule has 0 fully saturated rings. The van der Waals surface area contributed by atoms with Gasteiger partial charge in [-0.05, 0) is 18.6 Å². The predicted octanol–water partition coefficient (Wildman–Crippen LogP) is 2.56. The van der Waals surface area contributed by atoms with Gasteiger partial charge in [0.25, 0.3) is 0 Å². The average Bonchev–Trinajstić information content (AvgIpc) is 2.81. The number of para-hydroxylation sites is 2. The summed E-state index contributed by atoms with van der Waals surface area (Å²) in [6.45, 7) is 2.42. The fourth-order valence-electron chi connectivity index (χ4n) is 1.77. The van der Waals surface area contributed by atoms with Crippen LogP contribution in [-0.4, -0.2) is 33.7 Å². The van der Waals surface area contributed by atoms with Gasteiger partial charge in [-0.3, -0.25) is 0 Å². The number of nitrogens with zero attached hydrogens (tertiary/aromatic N) is 2. The molecular weight excluding hydrogens is 260 g/mol. The van der Waals surface area contributed by atoms with Crippen molar-refractivity contribution < 1.29 is 14.7 Å². The molecule has 2 rings (SSSR count). The number of unbranched alkanes of at least 4 members (excludes halogenated alkanes) is 1. The fourth-order valence-corrected chi connectivity index (χ4v) is 1.77. The molecule has 7 nitrogen and oxygen atoms in total. The first-order chi connectivity index (χ1) is 9.63. The maximum atomic E-state index is 11.9. The molecule has 0 atom stereocenters. The number of carboxylic acid groups (broad SMARTS) is 1. The lowest BCUT2D eigenvalue weighted by Gasteiger charge is -2.14. The van der Waals surface area contributed by atoms with Crippen LogP contribution in [0.25, 0.3) is 11.0 Å². The molecule has 1 heterocycles. The summed E-state index contributed by atoms with van der Waals surface area (Å²) in [6.07, 6.45) is 0.329. The van der Waals surface area contributed by atoms with Crippen LogP contribution in [0.2, 0.25) is 0 Å². The number of rotatable bonds is 4. The van der Waals surface area contributed by atoms with Gasteiger partial charge in [-0.2, -0.15) is 4.90 Å². The lowest BCUT2D eigenvalue weighted by Crippen LogP contribution is -2.44. The molecular formula is C13H16N4O3. The molecule has 0 saturated carbocycles. The third-order valence-corrected chi connectivity index (χ3v) is 2.79. The van der Waals surface area contributed by atoms with E-state index in [1.54, 1.807) is 24.3 Å². The van der Waals surface area contributed by atoms with Crippen molar-refractivity contribution in [2.75, 3.05) is 11.4 Å². The van der Waals surface area contributed by atoms with Crippen LogP contribution in [0.1, 0.15) is 19.8 Å². The molecule has 0 spiro atoms. The number of hydrogen-bond acceptors (Lipinski definition) is 3. The Bertz CT molecular complexity index is 590. The summed E-state index contributed by atoms with van der Waals surface area (Å²) in [7, 11) is 0. The molecule has 1 aromatic carbocycles. The predicted molar refractivity (Wildman–Crippen MR) is 74.9 cm³/mol. The highest BCUT2D eigenvalue weighted by molar-refractivity contribution is 6.10. The van der Waals surface area contributed by atoms with Crippen molar-refractivity contribution in [3.8, 4) is 0 Å². The maximum absolute atomic E-state index is 11.9. The van der Waals surface area contributed by atoms with E-state index in [4.69, 9.17) is 0 Å². The summed E-state index contributed by atoms with van der Waals surface area (Å²) in [6, 6.07) is 6.39. The number of carbonyl (C=O) groups is 2. The van der Waals surface area contributed by atoms with Crippen LogP contribution in [0.4, 0.5) is 15.5 Å². The van der Waals surface area contributed by atoms with E-state index < -0.39 is 12.1 Å². The van der Waals surface area contributed by atoms with E-state index in [2.05, 4.69) is 15.3 Å². The number of nitrogens with one attached hydrogen (secondary N) is 2. The summed E-state index contributed by atoms with van der Waals surface area (Å²) < 4.78 is 0. The molecule has 3 amide bonds. The van der Waals surface area contributed by atoms with Crippen molar-refractivity contribution in [3.63, 3.8) is 0 Å². The number of carbonyl (C=O) groups excluding carboxylic acids is 1. The highest BCUT2D eigenvalue weighted by Crippen LogP contribution is 2.17. The van der Waals surface area contributed by atoms with Crippen LogP contribution >= 0.6 is 0 Å². The number of imide groups is 1. The van der Waals surface area contributed by atoms with E-state index in [0.717, 1.165) is 12.8 Å². The van der Waals surface area contributed by atoms with E-state index in [-0.39, 0.29) is 5.95 Å². The molecule has 0 bridgehead atoms. The van der Waals surface area contributed by atoms with E-state index >= 15 is 0 Å². The van der Waals surface area contributed by atoms with Gasteiger partial charge in [-0.1, -0.05) is 25.5 Å². The van der Waals surface area contributed by atoms with Gasteiger partial charge in [0, 0.05) is 6.54 Å². The van der Waals surface area contributed by atoms with Gasteiger partial charge in [-0.15, -0.1) is 0 Å². The standard InChI is InChI=1S/C13H16N4O3/c1-2-3-8-14-12(18)17(13(19)20)11-15-9-6-4-5-7-10(9)16-11/h4-7H,2-3,8H2,1H3,(H,14,18)(H,15,16)(H,19,20). The number of amides is 3. The van der Waals surface area contributed by atoms with Crippen LogP contribution < -0.4 is 10.2 Å². The summed E-state index contributed by atoms with van der Waals surface area (Å²) in [4.78, 5) is 30.7. The summed E-state index contributed by atoms with van der Waals surface area (Å²) in [5, 5.41) is 11.7. The van der Waals surface area contributed by atoms with Crippen molar-refractivity contribution in [1.82, 2.24) is 15.3 Å². The Hall–Kier alpha value is -2.57. The monoisotopic (exact) mass is 276 g/mol. The van der Waals surface area contributed by atoms with Crippen LogP contribution in [0.3, 0.4) is 0 Å². The lowest BCUT2D eigenvalue weighted by molar-refractivity contribution is 0.199. The minimum Gasteiger partial charge on any atom is -0.464 e. The Kier molecular flexibility index (Phi) is 4.19. The van der Waals surface area contributed by atoms with Crippen LogP contribution in [-0.2, 0) is 0 Å². The molecule has 0 aliphatic carbocycles. The zero-order valence-corrected chi connectivity index (χ0v) is 11.1. The van der Waals surface area contributed by atoms with Crippen molar-refractivity contribution in [3.05, 3.63) is 24.3 Å². The number of anilines is 1. The molecule has 0 unspecified atom stereocenters. The second-order valence-electron chi connectivity index (χ2n) is 4.28. The third kappa shape index (κ3) is 2.87. The first-order valence-electron chi connectivity index (χ1n) is 6.39. The Morgan fingerprint density at radius 3 is 2.80 bits per heavy atom. The van der Waals surface area contributed by atoms with Gasteiger partial charge < -0.3 is 15.4 Å². The lowest BCUT2D eigenvalue weighted by atomic mass is 10.3. The molecule has 0 aliphatic heterocycles. The molecule has 0 radical (unpaired) electrons. The van der Waals surface area contributed by atoms with Crippen molar-refractivity contribution in [1.29, 1.82) is 0 Å². The van der Waals surface area contributed by atoms with Gasteiger partial charge in [0.05, 0.1) is 11.0 Å². The normalized spacial score (nSPS) is 10.4. The smallest absolute Gasteiger partial charge is 0.422 e. The Morgan fingerprint density at radius 2 is 2.15 bits per heavy atom. The number of hydrogen-bond donors (Lipinski definition) is 3. The fraction of sp³-hybridized carbons (Fsp3) is 0.308. The maximum Gasteiger partial charge on any atom is 0.422 e. The molecule has 0 saturated heterocycles. The first-order valence-corrected chi connectivity index (χ1v) is 6.39. The summed E-state index contributed by atoms with van der Waals surface area (Å²) in [5.74, 6) is -0.00676. The van der Waals surface area contributed by atoms with Crippen molar-refractivity contribution in [2.45, 2.75) is 19.8 Å². The Balaban J connectivity index is 2.23. The number of benzene rings is 1. The van der Waals surface area contributed by atoms with E-state index in [0.29, 0.717) is 22.5 Å². The second-order valence-corrected chi connectivity index (χ2v) is 4.28. The highest BCUT2D eigenvalue weighted by Gasteiger charge is 2.25. The van der Waals surface area contributed by atoms with Crippen LogP contribution in [0.15, 0.2) is 24.3 Å². The number of urea groups is 1. The van der Waals surface area contributed by atoms with Gasteiger partial charge in [0.15, 0.2) is 0 Å². The minimum absolute atomic E-state index is 0.00676. The zero-order valence-electron chi connectivity index (χ0n) is 11.1. The number of fused-ring (bicyclic) bond motifs is 1. The van der Waals surface area contributed by atoms with Gasteiger partial charge in [0.1, 0.15) is 0 Å².